The van der Waals surface area contributed by atoms with Crippen molar-refractivity contribution >= 4 is 50.7 Å². The first-order valence-electron chi connectivity index (χ1n) is 15.1. The van der Waals surface area contributed by atoms with Gasteiger partial charge in [0.25, 0.3) is 10.0 Å². The van der Waals surface area contributed by atoms with Gasteiger partial charge in [-0.25, -0.2) is 8.42 Å². The molecule has 4 aromatic carbocycles. The molecule has 0 saturated carbocycles. The van der Waals surface area contributed by atoms with Gasteiger partial charge in [0.15, 0.2) is 0 Å². The fourth-order valence-corrected chi connectivity index (χ4v) is 6.96. The quantitative estimate of drug-likeness (QED) is 0.160. The second-order valence-electron chi connectivity index (χ2n) is 11.4. The first-order chi connectivity index (χ1) is 21.9. The Labute approximate surface area is 282 Å². The Bertz CT molecular complexity index is 1770. The van der Waals surface area contributed by atoms with E-state index in [1.807, 2.05) is 51.1 Å². The second kappa shape index (κ2) is 15.6. The number of anilines is 1. The zero-order valence-electron chi connectivity index (χ0n) is 26.4. The first-order valence-corrected chi connectivity index (χ1v) is 17.3. The molecule has 0 aliphatic rings. The van der Waals surface area contributed by atoms with Crippen molar-refractivity contribution in [3.8, 4) is 0 Å². The summed E-state index contributed by atoms with van der Waals surface area (Å²) in [6.07, 6.45) is 0.907. The molecule has 2 amide bonds. The fourth-order valence-electron chi connectivity index (χ4n) is 5.05. The highest BCUT2D eigenvalue weighted by Crippen LogP contribution is 2.30. The van der Waals surface area contributed by atoms with Crippen LogP contribution < -0.4 is 9.62 Å². The normalized spacial score (nSPS) is 12.7. The van der Waals surface area contributed by atoms with Gasteiger partial charge >= 0.3 is 0 Å². The van der Waals surface area contributed by atoms with Crippen LogP contribution in [0, 0.1) is 13.8 Å². The van der Waals surface area contributed by atoms with E-state index in [-0.39, 0.29) is 29.8 Å². The Morgan fingerprint density at radius 2 is 1.52 bits per heavy atom. The van der Waals surface area contributed by atoms with E-state index < -0.39 is 28.5 Å². The van der Waals surface area contributed by atoms with Crippen LogP contribution in [-0.4, -0.2) is 43.8 Å². The van der Waals surface area contributed by atoms with Gasteiger partial charge in [0.05, 0.1) is 10.6 Å². The maximum absolute atomic E-state index is 14.6. The number of benzene rings is 4. The van der Waals surface area contributed by atoms with E-state index in [9.17, 15) is 18.0 Å². The number of nitrogens with zero attached hydrogens (tertiary/aromatic N) is 2. The Kier molecular flexibility index (Phi) is 11.9. The van der Waals surface area contributed by atoms with E-state index in [2.05, 4.69) is 5.32 Å². The van der Waals surface area contributed by atoms with Gasteiger partial charge in [0, 0.05) is 29.1 Å². The van der Waals surface area contributed by atoms with Crippen LogP contribution in [0.3, 0.4) is 0 Å². The molecule has 0 bridgehead atoms. The number of carbonyl (C=O) groups excluding carboxylic acids is 2. The fraction of sp³-hybridized carbons (Fsp3) is 0.278. The van der Waals surface area contributed by atoms with Crippen molar-refractivity contribution in [2.45, 2.75) is 64.1 Å². The minimum absolute atomic E-state index is 0.0120. The lowest BCUT2D eigenvalue weighted by Gasteiger charge is -2.34. The summed E-state index contributed by atoms with van der Waals surface area (Å²) in [4.78, 5) is 30.0. The third-order valence-corrected chi connectivity index (χ3v) is 10.3. The highest BCUT2D eigenvalue weighted by molar-refractivity contribution is 7.92. The van der Waals surface area contributed by atoms with Gasteiger partial charge in [-0.15, -0.1) is 0 Å². The summed E-state index contributed by atoms with van der Waals surface area (Å²) < 4.78 is 29.6. The van der Waals surface area contributed by atoms with Crippen LogP contribution in [0.5, 0.6) is 0 Å². The van der Waals surface area contributed by atoms with Crippen molar-refractivity contribution in [2.24, 2.45) is 0 Å². The number of aryl methyl sites for hydroxylation is 2. The van der Waals surface area contributed by atoms with Gasteiger partial charge < -0.3 is 10.2 Å². The molecule has 4 rings (SSSR count). The number of rotatable bonds is 13. The topological polar surface area (TPSA) is 86.8 Å². The molecule has 242 valence electrons. The summed E-state index contributed by atoms with van der Waals surface area (Å²) in [6.45, 7) is 6.89. The average molecular weight is 681 g/mol. The number of hydrogen-bond donors (Lipinski definition) is 1. The number of sulfonamides is 1. The molecule has 4 aromatic rings. The predicted molar refractivity (Wildman–Crippen MR) is 186 cm³/mol. The van der Waals surface area contributed by atoms with Crippen LogP contribution >= 0.6 is 23.2 Å². The summed E-state index contributed by atoms with van der Waals surface area (Å²) >= 11 is 12.8. The molecule has 1 N–H and O–H groups in total. The molecule has 10 heteroatoms. The van der Waals surface area contributed by atoms with Crippen LogP contribution in [0.25, 0.3) is 0 Å². The van der Waals surface area contributed by atoms with Crippen LogP contribution in [0.4, 0.5) is 5.69 Å². The molecule has 0 unspecified atom stereocenters. The first kappa shape index (κ1) is 35.0. The standard InChI is InChI=1S/C36H39Cl2N3O4S/c1-5-27(4)39-36(43)34(22-28-11-7-6-8-12-28)40(23-29-13-9-10-14-32(29)38)35(42)24-41(33-20-17-30(37)21-26(33)3)46(44,45)31-18-15-25(2)16-19-31/h6-21,27,34H,5,22-24H2,1-4H3,(H,39,43)/t27-,34+/m0/s1. The number of amides is 2. The molecule has 0 aliphatic heterocycles. The van der Waals surface area contributed by atoms with E-state index in [0.717, 1.165) is 15.4 Å². The maximum atomic E-state index is 14.6. The van der Waals surface area contributed by atoms with Crippen LogP contribution in [0.15, 0.2) is 102 Å². The number of nitrogens with one attached hydrogen (secondary N) is 1. The third kappa shape index (κ3) is 8.69. The van der Waals surface area contributed by atoms with Gasteiger partial charge in [-0.05, 0) is 80.3 Å². The van der Waals surface area contributed by atoms with E-state index in [1.54, 1.807) is 61.5 Å². The van der Waals surface area contributed by atoms with Gasteiger partial charge in [0.1, 0.15) is 12.6 Å². The van der Waals surface area contributed by atoms with Gasteiger partial charge in [-0.3, -0.25) is 13.9 Å². The van der Waals surface area contributed by atoms with Crippen molar-refractivity contribution in [1.82, 2.24) is 10.2 Å². The number of carbonyl (C=O) groups is 2. The SMILES string of the molecule is CC[C@H](C)NC(=O)[C@@H](Cc1ccccc1)N(Cc1ccccc1Cl)C(=O)CN(c1ccc(Cl)cc1C)S(=O)(=O)c1ccc(C)cc1. The Balaban J connectivity index is 1.84. The van der Waals surface area contributed by atoms with Crippen molar-refractivity contribution < 1.29 is 18.0 Å². The molecule has 2 atom stereocenters. The smallest absolute Gasteiger partial charge is 0.264 e. The van der Waals surface area contributed by atoms with Crippen molar-refractivity contribution in [3.05, 3.63) is 129 Å². The summed E-state index contributed by atoms with van der Waals surface area (Å²) in [6, 6.07) is 26.7. The Morgan fingerprint density at radius 1 is 0.870 bits per heavy atom. The summed E-state index contributed by atoms with van der Waals surface area (Å²) in [5, 5.41) is 3.90. The largest absolute Gasteiger partial charge is 0.352 e. The molecular formula is C36H39Cl2N3O4S. The number of halogens is 2. The van der Waals surface area contributed by atoms with Crippen LogP contribution in [-0.2, 0) is 32.6 Å². The molecule has 0 saturated heterocycles. The molecule has 0 heterocycles. The Morgan fingerprint density at radius 3 is 2.15 bits per heavy atom. The monoisotopic (exact) mass is 679 g/mol. The molecule has 0 aliphatic carbocycles. The summed E-state index contributed by atoms with van der Waals surface area (Å²) in [7, 11) is -4.23. The summed E-state index contributed by atoms with van der Waals surface area (Å²) in [5.41, 5.74) is 3.25. The third-order valence-electron chi connectivity index (χ3n) is 7.89. The average Bonchev–Trinajstić information content (AvgIpc) is 3.03. The molecule has 0 fully saturated rings. The minimum Gasteiger partial charge on any atom is -0.352 e. The van der Waals surface area contributed by atoms with E-state index in [0.29, 0.717) is 33.3 Å². The van der Waals surface area contributed by atoms with Crippen molar-refractivity contribution in [2.75, 3.05) is 10.8 Å². The molecule has 46 heavy (non-hydrogen) atoms. The van der Waals surface area contributed by atoms with Crippen LogP contribution in [0.2, 0.25) is 10.0 Å². The second-order valence-corrected chi connectivity index (χ2v) is 14.1. The van der Waals surface area contributed by atoms with Crippen LogP contribution in [0.1, 0.15) is 42.5 Å². The number of hydrogen-bond acceptors (Lipinski definition) is 4. The molecular weight excluding hydrogens is 641 g/mol. The lowest BCUT2D eigenvalue weighted by atomic mass is 10.0. The highest BCUT2D eigenvalue weighted by atomic mass is 35.5. The zero-order valence-corrected chi connectivity index (χ0v) is 28.7. The highest BCUT2D eigenvalue weighted by Gasteiger charge is 2.35. The molecule has 0 aromatic heterocycles. The zero-order chi connectivity index (χ0) is 33.4. The summed E-state index contributed by atoms with van der Waals surface area (Å²) in [5.74, 6) is -0.903. The molecule has 7 nitrogen and oxygen atoms in total. The lowest BCUT2D eigenvalue weighted by Crippen LogP contribution is -2.54. The van der Waals surface area contributed by atoms with Crippen molar-refractivity contribution in [3.63, 3.8) is 0 Å². The maximum Gasteiger partial charge on any atom is 0.264 e. The predicted octanol–water partition coefficient (Wildman–Crippen LogP) is 7.36. The van der Waals surface area contributed by atoms with Gasteiger partial charge in [-0.2, -0.15) is 0 Å². The van der Waals surface area contributed by atoms with Gasteiger partial charge in [-0.1, -0.05) is 96.4 Å². The van der Waals surface area contributed by atoms with Crippen molar-refractivity contribution in [1.29, 1.82) is 0 Å². The minimum atomic E-state index is -4.23. The van der Waals surface area contributed by atoms with E-state index >= 15 is 0 Å². The molecule has 0 radical (unpaired) electrons. The lowest BCUT2D eigenvalue weighted by molar-refractivity contribution is -0.140. The molecule has 0 spiro atoms. The van der Waals surface area contributed by atoms with E-state index in [4.69, 9.17) is 23.2 Å². The van der Waals surface area contributed by atoms with E-state index in [1.165, 1.54) is 17.0 Å². The van der Waals surface area contributed by atoms with Gasteiger partial charge in [0.2, 0.25) is 11.8 Å². The Hall–Kier alpha value is -3.85.